The average Bonchev–Trinajstić information content (AvgIpc) is 3.10. The van der Waals surface area contributed by atoms with Crippen molar-refractivity contribution in [2.45, 2.75) is 130 Å². The summed E-state index contributed by atoms with van der Waals surface area (Å²) < 4.78 is 6.24. The molecular weight excluding hydrogens is 420 g/mol. The Bertz CT molecular complexity index is 703. The van der Waals surface area contributed by atoms with Crippen molar-refractivity contribution in [3.05, 3.63) is 0 Å². The van der Waals surface area contributed by atoms with Crippen LogP contribution in [0.5, 0.6) is 0 Å². The van der Waals surface area contributed by atoms with Crippen molar-refractivity contribution >= 4 is 0 Å². The third-order valence-electron chi connectivity index (χ3n) is 12.3. The van der Waals surface area contributed by atoms with Crippen molar-refractivity contribution in [1.82, 2.24) is 0 Å². The third-order valence-corrected chi connectivity index (χ3v) is 12.3. The Labute approximate surface area is 210 Å². The van der Waals surface area contributed by atoms with Gasteiger partial charge in [-0.15, -0.1) is 0 Å². The van der Waals surface area contributed by atoms with E-state index in [0.29, 0.717) is 17.9 Å². The van der Waals surface area contributed by atoms with Crippen molar-refractivity contribution in [2.24, 2.45) is 52.3 Å². The van der Waals surface area contributed by atoms with E-state index in [1.807, 2.05) is 6.92 Å². The molecule has 0 bridgehead atoms. The zero-order chi connectivity index (χ0) is 24.9. The standard InChI is InChI=1S/C31H56O3/c1-21(2)9-8-10-22(3)25-13-14-26-24-12-11-23-19-30(6,33)31(7,34-18-17-32)20-29(23,5)27(24)15-16-28(25,26)4/h21-27,32-33H,8-20H2,1-7H3/t22-,23+,24?,25-,26+,27?,28-,29+,30-,31-/m1/s1. The molecule has 0 radical (unpaired) electrons. The topological polar surface area (TPSA) is 49.7 Å². The van der Waals surface area contributed by atoms with Crippen LogP contribution in [0.15, 0.2) is 0 Å². The fourth-order valence-corrected chi connectivity index (χ4v) is 10.3. The summed E-state index contributed by atoms with van der Waals surface area (Å²) >= 11 is 0. The van der Waals surface area contributed by atoms with E-state index >= 15 is 0 Å². The Morgan fingerprint density at radius 2 is 1.59 bits per heavy atom. The summed E-state index contributed by atoms with van der Waals surface area (Å²) in [4.78, 5) is 0. The summed E-state index contributed by atoms with van der Waals surface area (Å²) in [6.45, 7) is 17.0. The van der Waals surface area contributed by atoms with Crippen LogP contribution < -0.4 is 0 Å². The summed E-state index contributed by atoms with van der Waals surface area (Å²) in [5, 5.41) is 20.9. The maximum atomic E-state index is 11.5. The Hall–Kier alpha value is -0.120. The van der Waals surface area contributed by atoms with Gasteiger partial charge in [-0.25, -0.2) is 0 Å². The van der Waals surface area contributed by atoms with E-state index in [1.54, 1.807) is 0 Å². The summed E-state index contributed by atoms with van der Waals surface area (Å²) in [5.41, 5.74) is -0.644. The van der Waals surface area contributed by atoms with Crippen molar-refractivity contribution in [3.8, 4) is 0 Å². The highest BCUT2D eigenvalue weighted by Gasteiger charge is 2.65. The highest BCUT2D eigenvalue weighted by Crippen LogP contribution is 2.70. The van der Waals surface area contributed by atoms with Crippen LogP contribution in [0.1, 0.15) is 119 Å². The van der Waals surface area contributed by atoms with Crippen LogP contribution in [0.3, 0.4) is 0 Å². The molecule has 3 nitrogen and oxygen atoms in total. The first-order valence-corrected chi connectivity index (χ1v) is 14.8. The number of aliphatic hydroxyl groups excluding tert-OH is 1. The largest absolute Gasteiger partial charge is 0.394 e. The molecule has 3 heteroatoms. The Kier molecular flexibility index (Phi) is 7.63. The Morgan fingerprint density at radius 1 is 0.882 bits per heavy atom. The second-order valence-corrected chi connectivity index (χ2v) is 14.6. The van der Waals surface area contributed by atoms with Gasteiger partial charge in [0, 0.05) is 0 Å². The zero-order valence-electron chi connectivity index (χ0n) is 23.5. The van der Waals surface area contributed by atoms with Gasteiger partial charge in [-0.2, -0.15) is 0 Å². The fraction of sp³-hybridized carbons (Fsp3) is 1.00. The molecule has 0 aliphatic heterocycles. The van der Waals surface area contributed by atoms with E-state index < -0.39 is 11.2 Å². The molecule has 4 rings (SSSR count). The van der Waals surface area contributed by atoms with Gasteiger partial charge in [0.2, 0.25) is 0 Å². The minimum atomic E-state index is -0.827. The monoisotopic (exact) mass is 476 g/mol. The predicted molar refractivity (Wildman–Crippen MR) is 141 cm³/mol. The lowest BCUT2D eigenvalue weighted by Crippen LogP contribution is -2.65. The molecule has 0 spiro atoms. The molecule has 2 unspecified atom stereocenters. The van der Waals surface area contributed by atoms with Crippen LogP contribution in [0.4, 0.5) is 0 Å². The van der Waals surface area contributed by atoms with Crippen molar-refractivity contribution in [3.63, 3.8) is 0 Å². The smallest absolute Gasteiger partial charge is 0.0944 e. The van der Waals surface area contributed by atoms with Gasteiger partial charge < -0.3 is 14.9 Å². The van der Waals surface area contributed by atoms with Crippen LogP contribution in [-0.4, -0.2) is 34.6 Å². The molecule has 0 aromatic heterocycles. The zero-order valence-corrected chi connectivity index (χ0v) is 23.5. The lowest BCUT2D eigenvalue weighted by atomic mass is 9.42. The number of fused-ring (bicyclic) bond motifs is 5. The van der Waals surface area contributed by atoms with Crippen molar-refractivity contribution in [1.29, 1.82) is 0 Å². The molecule has 0 saturated heterocycles. The van der Waals surface area contributed by atoms with E-state index in [2.05, 4.69) is 41.5 Å². The summed E-state index contributed by atoms with van der Waals surface area (Å²) in [6.07, 6.45) is 14.2. The molecule has 10 atom stereocenters. The lowest BCUT2D eigenvalue weighted by molar-refractivity contribution is -0.251. The third kappa shape index (κ3) is 4.43. The van der Waals surface area contributed by atoms with Crippen LogP contribution in [-0.2, 0) is 4.74 Å². The fourth-order valence-electron chi connectivity index (χ4n) is 10.3. The van der Waals surface area contributed by atoms with Gasteiger partial charge in [-0.3, -0.25) is 0 Å². The van der Waals surface area contributed by atoms with Gasteiger partial charge in [0.05, 0.1) is 24.4 Å². The molecule has 0 heterocycles. The summed E-state index contributed by atoms with van der Waals surface area (Å²) in [7, 11) is 0. The van der Waals surface area contributed by atoms with Crippen molar-refractivity contribution in [2.75, 3.05) is 13.2 Å². The van der Waals surface area contributed by atoms with E-state index in [-0.39, 0.29) is 12.0 Å². The van der Waals surface area contributed by atoms with Crippen molar-refractivity contribution < 1.29 is 14.9 Å². The van der Waals surface area contributed by atoms with E-state index in [0.717, 1.165) is 48.3 Å². The average molecular weight is 477 g/mol. The second-order valence-electron chi connectivity index (χ2n) is 14.6. The van der Waals surface area contributed by atoms with E-state index in [4.69, 9.17) is 4.74 Å². The van der Waals surface area contributed by atoms with Gasteiger partial charge in [-0.1, -0.05) is 53.9 Å². The Morgan fingerprint density at radius 3 is 2.26 bits per heavy atom. The first-order valence-electron chi connectivity index (χ1n) is 14.8. The molecule has 0 aromatic rings. The molecule has 0 aromatic carbocycles. The molecule has 34 heavy (non-hydrogen) atoms. The number of hydrogen-bond acceptors (Lipinski definition) is 3. The minimum absolute atomic E-state index is 0.0229. The lowest BCUT2D eigenvalue weighted by Gasteiger charge is -2.65. The molecule has 2 N–H and O–H groups in total. The van der Waals surface area contributed by atoms with Crippen LogP contribution in [0.25, 0.3) is 0 Å². The van der Waals surface area contributed by atoms with Crippen LogP contribution >= 0.6 is 0 Å². The predicted octanol–water partition coefficient (Wildman–Crippen LogP) is 7.24. The van der Waals surface area contributed by atoms with Gasteiger partial charge in [0.1, 0.15) is 0 Å². The highest BCUT2D eigenvalue weighted by molar-refractivity contribution is 5.15. The summed E-state index contributed by atoms with van der Waals surface area (Å²) in [6, 6.07) is 0. The first kappa shape index (κ1) is 26.9. The minimum Gasteiger partial charge on any atom is -0.394 e. The van der Waals surface area contributed by atoms with E-state index in [1.165, 1.54) is 57.8 Å². The molecule has 4 saturated carbocycles. The number of rotatable bonds is 8. The normalized spacial score (nSPS) is 49.4. The molecule has 0 amide bonds. The maximum absolute atomic E-state index is 11.5. The first-order chi connectivity index (χ1) is 15.9. The molecule has 4 fully saturated rings. The maximum Gasteiger partial charge on any atom is 0.0944 e. The molecule has 4 aliphatic rings. The quantitative estimate of drug-likeness (QED) is 0.388. The highest BCUT2D eigenvalue weighted by atomic mass is 16.5. The van der Waals surface area contributed by atoms with Gasteiger partial charge >= 0.3 is 0 Å². The molecular formula is C31H56O3. The van der Waals surface area contributed by atoms with E-state index in [9.17, 15) is 10.2 Å². The number of aliphatic hydroxyl groups is 2. The Balaban J connectivity index is 1.52. The van der Waals surface area contributed by atoms with Crippen LogP contribution in [0.2, 0.25) is 0 Å². The van der Waals surface area contributed by atoms with Crippen LogP contribution in [0, 0.1) is 52.3 Å². The molecule has 198 valence electrons. The summed E-state index contributed by atoms with van der Waals surface area (Å²) in [5.74, 6) is 5.66. The number of ether oxygens (including phenoxy) is 1. The molecule has 4 aliphatic carbocycles. The second kappa shape index (κ2) is 9.64. The van der Waals surface area contributed by atoms with Gasteiger partial charge in [0.15, 0.2) is 0 Å². The number of hydrogen-bond donors (Lipinski definition) is 2. The van der Waals surface area contributed by atoms with Gasteiger partial charge in [0.25, 0.3) is 0 Å². The SMILES string of the molecule is CC(C)CCC[C@@H](C)[C@H]1CC[C@H]2C3CC[C@H]4C[C@@](C)(O)[C@](C)(OCCO)C[C@]4(C)C3CC[C@]12C. The van der Waals surface area contributed by atoms with Gasteiger partial charge in [-0.05, 0) is 117 Å².